The summed E-state index contributed by atoms with van der Waals surface area (Å²) in [6.45, 7) is 0. The van der Waals surface area contributed by atoms with Crippen LogP contribution in [0.15, 0.2) is 18.2 Å². The van der Waals surface area contributed by atoms with Crippen molar-refractivity contribution in [3.63, 3.8) is 0 Å². The summed E-state index contributed by atoms with van der Waals surface area (Å²) in [7, 11) is 0. The van der Waals surface area contributed by atoms with Crippen molar-refractivity contribution >= 4 is 52.0 Å². The number of hydrogen-bond acceptors (Lipinski definition) is 3. The van der Waals surface area contributed by atoms with Crippen molar-refractivity contribution in [3.8, 4) is 0 Å². The van der Waals surface area contributed by atoms with E-state index in [-0.39, 0.29) is 45.4 Å². The molecular weight excluding hydrogens is 497 g/mol. The van der Waals surface area contributed by atoms with Gasteiger partial charge in [-0.2, -0.15) is 0 Å². The molecule has 5 aliphatic carbocycles. The predicted octanol–water partition coefficient (Wildman–Crippen LogP) is 4.44. The maximum absolute atomic E-state index is 14.1. The van der Waals surface area contributed by atoms with E-state index in [9.17, 15) is 18.4 Å². The second-order valence-electron chi connectivity index (χ2n) is 10.8. The molecule has 0 aliphatic heterocycles. The van der Waals surface area contributed by atoms with Crippen LogP contribution in [0, 0.1) is 23.2 Å². The van der Waals surface area contributed by atoms with E-state index in [1.54, 1.807) is 18.2 Å². The standard InChI is InChI=1S/C24H31Cl2N3O4S/c25-17-5-4-6-18(26)20(17)29(34(32)33)24(7-2-1-3-8-24)22(31)28-19-15-9-14-10-16(19)13-23(11-14,12-15)21(27)30/h4-6,14-16,19H,1-3,7-13H2,(H2,27,30)(H,28,31)(H,32,33). The van der Waals surface area contributed by atoms with Gasteiger partial charge in [-0.3, -0.25) is 18.4 Å². The summed E-state index contributed by atoms with van der Waals surface area (Å²) in [5, 5.41) is 3.76. The van der Waals surface area contributed by atoms with E-state index in [1.807, 2.05) is 0 Å². The third-order valence-corrected chi connectivity index (χ3v) is 10.3. The van der Waals surface area contributed by atoms with E-state index in [0.29, 0.717) is 31.6 Å². The average molecular weight is 529 g/mol. The van der Waals surface area contributed by atoms with Crippen LogP contribution in [-0.2, 0) is 20.9 Å². The van der Waals surface area contributed by atoms with Gasteiger partial charge in [0.2, 0.25) is 11.8 Å². The molecule has 0 saturated heterocycles. The van der Waals surface area contributed by atoms with Gasteiger partial charge in [0.05, 0.1) is 15.7 Å². The average Bonchev–Trinajstić information content (AvgIpc) is 2.78. The fourth-order valence-corrected chi connectivity index (χ4v) is 9.22. The number of primary amides is 1. The van der Waals surface area contributed by atoms with Gasteiger partial charge < -0.3 is 11.1 Å². The Morgan fingerprint density at radius 2 is 1.65 bits per heavy atom. The number of nitrogens with two attached hydrogens (primary N) is 1. The summed E-state index contributed by atoms with van der Waals surface area (Å²) in [6.07, 6.45) is 7.58. The van der Waals surface area contributed by atoms with E-state index in [2.05, 4.69) is 5.32 Å². The zero-order valence-electron chi connectivity index (χ0n) is 19.0. The van der Waals surface area contributed by atoms with Crippen molar-refractivity contribution in [1.29, 1.82) is 0 Å². The molecule has 7 nitrogen and oxygen atoms in total. The minimum atomic E-state index is -2.51. The number of anilines is 1. The highest BCUT2D eigenvalue weighted by atomic mass is 35.5. The van der Waals surface area contributed by atoms with Crippen LogP contribution in [0.1, 0.15) is 64.2 Å². The number of carbonyl (C=O) groups is 2. The van der Waals surface area contributed by atoms with Gasteiger partial charge in [0, 0.05) is 11.5 Å². The first-order chi connectivity index (χ1) is 16.2. The molecule has 4 bridgehead atoms. The SMILES string of the molecule is NC(=O)C12CC3CC(C1)C(NC(=O)C1(N(c4c(Cl)cccc4Cl)S(=O)O)CCCCC1)C(C3)C2. The normalized spacial score (nSPS) is 34.4. The van der Waals surface area contributed by atoms with Gasteiger partial charge in [0.15, 0.2) is 0 Å². The molecule has 0 radical (unpaired) electrons. The Labute approximate surface area is 212 Å². The Hall–Kier alpha value is -1.35. The monoisotopic (exact) mass is 527 g/mol. The molecule has 6 rings (SSSR count). The minimum Gasteiger partial charge on any atom is -0.369 e. The van der Waals surface area contributed by atoms with Crippen LogP contribution in [-0.4, -0.2) is 32.2 Å². The molecule has 0 aromatic heterocycles. The lowest BCUT2D eigenvalue weighted by molar-refractivity contribution is -0.148. The van der Waals surface area contributed by atoms with Crippen LogP contribution in [0.4, 0.5) is 5.69 Å². The summed E-state index contributed by atoms with van der Waals surface area (Å²) in [5.74, 6) is 0.401. The Balaban J connectivity index is 1.48. The highest BCUT2D eigenvalue weighted by Crippen LogP contribution is 2.60. The topological polar surface area (TPSA) is 113 Å². The predicted molar refractivity (Wildman–Crippen MR) is 133 cm³/mol. The molecule has 1 aromatic rings. The van der Waals surface area contributed by atoms with Crippen LogP contribution in [0.2, 0.25) is 10.0 Å². The second-order valence-corrected chi connectivity index (χ2v) is 12.4. The molecule has 3 unspecified atom stereocenters. The van der Waals surface area contributed by atoms with Crippen LogP contribution in [0.25, 0.3) is 0 Å². The number of hydrogen-bond donors (Lipinski definition) is 3. The zero-order chi connectivity index (χ0) is 24.3. The fourth-order valence-electron chi connectivity index (χ4n) is 7.63. The summed E-state index contributed by atoms with van der Waals surface area (Å²) >= 11 is 10.4. The maximum atomic E-state index is 14.1. The molecule has 0 spiro atoms. The number of halogens is 2. The van der Waals surface area contributed by atoms with Crippen molar-refractivity contribution in [1.82, 2.24) is 5.32 Å². The van der Waals surface area contributed by atoms with E-state index in [0.717, 1.165) is 38.5 Å². The van der Waals surface area contributed by atoms with Gasteiger partial charge >= 0.3 is 0 Å². The van der Waals surface area contributed by atoms with E-state index >= 15 is 0 Å². The van der Waals surface area contributed by atoms with Crippen molar-refractivity contribution in [2.45, 2.75) is 75.8 Å². The molecule has 5 aliphatic rings. The van der Waals surface area contributed by atoms with Crippen LogP contribution in [0.5, 0.6) is 0 Å². The number of nitrogens with zero attached hydrogens (tertiary/aromatic N) is 1. The minimum absolute atomic E-state index is 0.0639. The molecule has 186 valence electrons. The molecule has 3 atom stereocenters. The largest absolute Gasteiger partial charge is 0.369 e. The third kappa shape index (κ3) is 3.85. The quantitative estimate of drug-likeness (QED) is 0.474. The van der Waals surface area contributed by atoms with Crippen molar-refractivity contribution in [2.24, 2.45) is 28.9 Å². The molecule has 10 heteroatoms. The van der Waals surface area contributed by atoms with E-state index in [4.69, 9.17) is 28.9 Å². The van der Waals surface area contributed by atoms with Gasteiger partial charge in [-0.25, -0.2) is 4.21 Å². The number of benzene rings is 1. The van der Waals surface area contributed by atoms with Crippen molar-refractivity contribution in [2.75, 3.05) is 4.31 Å². The molecule has 4 N–H and O–H groups in total. The Morgan fingerprint density at radius 1 is 1.06 bits per heavy atom. The van der Waals surface area contributed by atoms with Crippen molar-refractivity contribution in [3.05, 3.63) is 28.2 Å². The number of rotatable bonds is 6. The molecule has 5 saturated carbocycles. The summed E-state index contributed by atoms with van der Waals surface area (Å²) < 4.78 is 24.4. The molecule has 2 amide bonds. The fraction of sp³-hybridized carbons (Fsp3) is 0.667. The molecular formula is C24H31Cl2N3O4S. The van der Waals surface area contributed by atoms with E-state index in [1.165, 1.54) is 4.31 Å². The number of carbonyl (C=O) groups excluding carboxylic acids is 2. The van der Waals surface area contributed by atoms with Crippen LogP contribution >= 0.6 is 23.2 Å². The number of para-hydroxylation sites is 1. The van der Waals surface area contributed by atoms with E-state index < -0.39 is 22.2 Å². The summed E-state index contributed by atoms with van der Waals surface area (Å²) in [6, 6.07) is 4.82. The maximum Gasteiger partial charge on any atom is 0.262 e. The summed E-state index contributed by atoms with van der Waals surface area (Å²) in [5.41, 5.74) is 4.36. The van der Waals surface area contributed by atoms with Crippen molar-refractivity contribution < 1.29 is 18.4 Å². The lowest BCUT2D eigenvalue weighted by atomic mass is 9.47. The second kappa shape index (κ2) is 8.95. The van der Waals surface area contributed by atoms with Gasteiger partial charge in [0.1, 0.15) is 5.54 Å². The molecule has 1 aromatic carbocycles. The Bertz CT molecular complexity index is 995. The van der Waals surface area contributed by atoms with Crippen LogP contribution in [0.3, 0.4) is 0 Å². The smallest absolute Gasteiger partial charge is 0.262 e. The third-order valence-electron chi connectivity index (χ3n) is 8.88. The van der Waals surface area contributed by atoms with Gasteiger partial charge in [0.25, 0.3) is 11.3 Å². The van der Waals surface area contributed by atoms with Gasteiger partial charge in [-0.15, -0.1) is 0 Å². The lowest BCUT2D eigenvalue weighted by Crippen LogP contribution is -2.67. The Kier molecular flexibility index (Phi) is 6.41. The highest BCUT2D eigenvalue weighted by molar-refractivity contribution is 7.80. The summed E-state index contributed by atoms with van der Waals surface area (Å²) in [4.78, 5) is 26.4. The number of nitrogens with one attached hydrogen (secondary N) is 1. The molecule has 0 heterocycles. The first-order valence-corrected chi connectivity index (χ1v) is 13.9. The first kappa shape index (κ1) is 24.3. The lowest BCUT2D eigenvalue weighted by Gasteiger charge is -2.59. The molecule has 34 heavy (non-hydrogen) atoms. The number of amides is 2. The van der Waals surface area contributed by atoms with Crippen LogP contribution < -0.4 is 15.4 Å². The highest BCUT2D eigenvalue weighted by Gasteiger charge is 2.59. The Morgan fingerprint density at radius 3 is 2.18 bits per heavy atom. The first-order valence-electron chi connectivity index (χ1n) is 12.1. The molecule has 5 fully saturated rings. The van der Waals surface area contributed by atoms with Gasteiger partial charge in [-0.05, 0) is 74.8 Å². The zero-order valence-corrected chi connectivity index (χ0v) is 21.3. The van der Waals surface area contributed by atoms with Gasteiger partial charge in [-0.1, -0.05) is 48.5 Å².